The summed E-state index contributed by atoms with van der Waals surface area (Å²) >= 11 is 0. The summed E-state index contributed by atoms with van der Waals surface area (Å²) in [6.07, 6.45) is 12.1. The summed E-state index contributed by atoms with van der Waals surface area (Å²) in [5, 5.41) is 2.99. The van der Waals surface area contributed by atoms with Crippen molar-refractivity contribution >= 4 is 11.6 Å². The Morgan fingerprint density at radius 1 is 1.28 bits per heavy atom. The van der Waals surface area contributed by atoms with E-state index in [1.54, 1.807) is 13.3 Å². The smallest absolute Gasteiger partial charge is 0.275 e. The third kappa shape index (κ3) is 2.92. The molecule has 6 nitrogen and oxygen atoms in total. The number of likely N-dealkylation sites (tertiary alicyclic amines) is 1. The Hall–Kier alpha value is -2.47. The fraction of sp³-hybridized carbons (Fsp3) is 0.522. The van der Waals surface area contributed by atoms with Crippen molar-refractivity contribution in [1.82, 2.24) is 14.9 Å². The number of fused-ring (bicyclic) bond motifs is 1. The Morgan fingerprint density at radius 2 is 2.17 bits per heavy atom. The monoisotopic (exact) mass is 392 g/mol. The molecule has 6 heteroatoms. The number of hydrogen-bond donors (Lipinski definition) is 1. The lowest BCUT2D eigenvalue weighted by atomic mass is 9.52. The second-order valence-electron chi connectivity index (χ2n) is 8.76. The van der Waals surface area contributed by atoms with Crippen LogP contribution < -0.4 is 10.1 Å². The van der Waals surface area contributed by atoms with E-state index >= 15 is 0 Å². The van der Waals surface area contributed by atoms with Gasteiger partial charge in [0, 0.05) is 23.9 Å². The number of hydrogen-bond acceptors (Lipinski definition) is 5. The number of likely N-dealkylation sites (N-methyl/N-ethyl adjacent to an activating group) is 1. The Bertz CT molecular complexity index is 932. The Balaban J connectivity index is 1.55. The van der Waals surface area contributed by atoms with Crippen molar-refractivity contribution in [2.24, 2.45) is 5.92 Å². The highest BCUT2D eigenvalue weighted by atomic mass is 16.5. The molecular weight excluding hydrogens is 364 g/mol. The second-order valence-corrected chi connectivity index (χ2v) is 8.76. The van der Waals surface area contributed by atoms with Crippen LogP contribution >= 0.6 is 0 Å². The maximum absolute atomic E-state index is 12.6. The standard InChI is InChI=1S/C23H28N4O2/c1-27-10-7-23-6-4-3-5-16(23)20(27)12-15-11-18(21(29-2)13-17(15)23)26-22(28)19-14-24-8-9-25-19/h8-9,11,13-14,16,20H,3-7,10,12H2,1-2H3,(H,26,28)/t16?,20-,23-/m0/s1. The highest BCUT2D eigenvalue weighted by molar-refractivity contribution is 6.03. The summed E-state index contributed by atoms with van der Waals surface area (Å²) in [6, 6.07) is 4.94. The van der Waals surface area contributed by atoms with E-state index in [1.165, 1.54) is 55.6 Å². The number of carbonyl (C=O) groups is 1. The summed E-state index contributed by atoms with van der Waals surface area (Å²) in [6.45, 7) is 1.16. The summed E-state index contributed by atoms with van der Waals surface area (Å²) < 4.78 is 5.72. The van der Waals surface area contributed by atoms with Crippen molar-refractivity contribution in [3.63, 3.8) is 0 Å². The lowest BCUT2D eigenvalue weighted by molar-refractivity contribution is 0.00277. The van der Waals surface area contributed by atoms with Gasteiger partial charge >= 0.3 is 0 Å². The minimum absolute atomic E-state index is 0.266. The minimum atomic E-state index is -0.266. The molecule has 0 radical (unpaired) electrons. The van der Waals surface area contributed by atoms with Crippen LogP contribution in [-0.2, 0) is 11.8 Å². The lowest BCUT2D eigenvalue weighted by Crippen LogP contribution is -2.59. The molecule has 2 bridgehead atoms. The number of anilines is 1. The van der Waals surface area contributed by atoms with E-state index in [0.29, 0.717) is 17.4 Å². The predicted molar refractivity (Wildman–Crippen MR) is 111 cm³/mol. The van der Waals surface area contributed by atoms with Gasteiger partial charge in [0.2, 0.25) is 0 Å². The van der Waals surface area contributed by atoms with Gasteiger partial charge in [0.1, 0.15) is 11.4 Å². The van der Waals surface area contributed by atoms with E-state index < -0.39 is 0 Å². The molecule has 29 heavy (non-hydrogen) atoms. The highest BCUT2D eigenvalue weighted by Crippen LogP contribution is 2.56. The number of amides is 1. The molecule has 5 rings (SSSR count). The molecule has 1 aromatic carbocycles. The first-order valence-corrected chi connectivity index (χ1v) is 10.6. The van der Waals surface area contributed by atoms with Crippen molar-refractivity contribution in [2.45, 2.75) is 50.0 Å². The van der Waals surface area contributed by atoms with Crippen LogP contribution in [-0.4, -0.2) is 47.5 Å². The number of carbonyl (C=O) groups excluding carboxylic acids is 1. The van der Waals surface area contributed by atoms with Crippen molar-refractivity contribution < 1.29 is 9.53 Å². The molecule has 1 unspecified atom stereocenters. The molecular formula is C23H28N4O2. The summed E-state index contributed by atoms with van der Waals surface area (Å²) in [4.78, 5) is 23.3. The van der Waals surface area contributed by atoms with Crippen LogP contribution in [0.2, 0.25) is 0 Å². The number of ether oxygens (including phenoxy) is 1. The zero-order chi connectivity index (χ0) is 20.0. The zero-order valence-corrected chi connectivity index (χ0v) is 17.1. The second kappa shape index (κ2) is 7.10. The first-order valence-electron chi connectivity index (χ1n) is 10.6. The molecule has 2 aromatic rings. The number of methoxy groups -OCH3 is 1. The van der Waals surface area contributed by atoms with Gasteiger partial charge in [0.05, 0.1) is 19.0 Å². The quantitative estimate of drug-likeness (QED) is 0.867. The summed E-state index contributed by atoms with van der Waals surface area (Å²) in [5.41, 5.74) is 4.10. The normalized spacial score (nSPS) is 28.2. The van der Waals surface area contributed by atoms with Gasteiger partial charge < -0.3 is 15.0 Å². The van der Waals surface area contributed by atoms with Gasteiger partial charge in [-0.3, -0.25) is 9.78 Å². The number of benzene rings is 1. The number of piperidine rings is 1. The highest BCUT2D eigenvalue weighted by Gasteiger charge is 2.53. The van der Waals surface area contributed by atoms with Crippen LogP contribution in [0, 0.1) is 5.92 Å². The molecule has 1 N–H and O–H groups in total. The van der Waals surface area contributed by atoms with Crippen molar-refractivity contribution in [3.05, 3.63) is 47.5 Å². The van der Waals surface area contributed by atoms with Crippen LogP contribution in [0.1, 0.15) is 53.7 Å². The molecule has 0 spiro atoms. The maximum atomic E-state index is 12.6. The van der Waals surface area contributed by atoms with Gasteiger partial charge in [-0.15, -0.1) is 0 Å². The Kier molecular flexibility index (Phi) is 4.54. The molecule has 1 saturated carbocycles. The molecule has 1 amide bonds. The molecule has 3 aliphatic rings. The molecule has 2 heterocycles. The average molecular weight is 393 g/mol. The maximum Gasteiger partial charge on any atom is 0.275 e. The molecule has 3 atom stereocenters. The molecule has 1 saturated heterocycles. The third-order valence-electron chi connectivity index (χ3n) is 7.47. The number of rotatable bonds is 3. The predicted octanol–water partition coefficient (Wildman–Crippen LogP) is 3.43. The van der Waals surface area contributed by atoms with Crippen molar-refractivity contribution in [3.8, 4) is 5.75 Å². The molecule has 1 aliphatic heterocycles. The van der Waals surface area contributed by atoms with Gasteiger partial charge in [0.15, 0.2) is 0 Å². The molecule has 152 valence electrons. The van der Waals surface area contributed by atoms with Crippen LogP contribution in [0.4, 0.5) is 5.69 Å². The summed E-state index contributed by atoms with van der Waals surface area (Å²) in [7, 11) is 3.95. The van der Waals surface area contributed by atoms with Gasteiger partial charge in [-0.1, -0.05) is 12.8 Å². The lowest BCUT2D eigenvalue weighted by Gasteiger charge is -2.58. The molecule has 2 fully saturated rings. The van der Waals surface area contributed by atoms with E-state index in [4.69, 9.17) is 4.74 Å². The van der Waals surface area contributed by atoms with Gasteiger partial charge in [-0.25, -0.2) is 4.98 Å². The largest absolute Gasteiger partial charge is 0.495 e. The van der Waals surface area contributed by atoms with E-state index in [0.717, 1.165) is 24.6 Å². The zero-order valence-electron chi connectivity index (χ0n) is 17.1. The topological polar surface area (TPSA) is 67.3 Å². The van der Waals surface area contributed by atoms with E-state index in [9.17, 15) is 4.79 Å². The Morgan fingerprint density at radius 3 is 2.97 bits per heavy atom. The van der Waals surface area contributed by atoms with Crippen LogP contribution in [0.5, 0.6) is 5.75 Å². The third-order valence-corrected chi connectivity index (χ3v) is 7.47. The van der Waals surface area contributed by atoms with Gasteiger partial charge in [0.25, 0.3) is 5.91 Å². The molecule has 1 aromatic heterocycles. The van der Waals surface area contributed by atoms with Crippen molar-refractivity contribution in [2.75, 3.05) is 26.0 Å². The number of nitrogens with one attached hydrogen (secondary N) is 1. The Labute approximate surface area is 171 Å². The van der Waals surface area contributed by atoms with Crippen LogP contribution in [0.3, 0.4) is 0 Å². The fourth-order valence-electron chi connectivity index (χ4n) is 6.11. The average Bonchev–Trinajstić information content (AvgIpc) is 2.76. The SMILES string of the molecule is COc1cc2c(cc1NC(=O)c1cnccn1)C[C@H]1C3CCCC[C@@]23CCN1C. The number of aromatic nitrogens is 2. The van der Waals surface area contributed by atoms with E-state index in [-0.39, 0.29) is 11.3 Å². The minimum Gasteiger partial charge on any atom is -0.495 e. The van der Waals surface area contributed by atoms with E-state index in [2.05, 4.69) is 39.4 Å². The van der Waals surface area contributed by atoms with Crippen molar-refractivity contribution in [1.29, 1.82) is 0 Å². The first kappa shape index (κ1) is 18.6. The van der Waals surface area contributed by atoms with Gasteiger partial charge in [-0.2, -0.15) is 0 Å². The van der Waals surface area contributed by atoms with Crippen LogP contribution in [0.15, 0.2) is 30.7 Å². The van der Waals surface area contributed by atoms with Crippen LogP contribution in [0.25, 0.3) is 0 Å². The number of nitrogens with zero attached hydrogens (tertiary/aromatic N) is 3. The summed E-state index contributed by atoms with van der Waals surface area (Å²) in [5.74, 6) is 1.20. The fourth-order valence-corrected chi connectivity index (χ4v) is 6.11. The van der Waals surface area contributed by atoms with Gasteiger partial charge in [-0.05, 0) is 68.5 Å². The van der Waals surface area contributed by atoms with E-state index in [1.807, 2.05) is 0 Å². The first-order chi connectivity index (χ1) is 14.1. The molecule has 2 aliphatic carbocycles.